The van der Waals surface area contributed by atoms with Gasteiger partial charge in [0, 0.05) is 38.9 Å². The van der Waals surface area contributed by atoms with Crippen LogP contribution in [0, 0.1) is 0 Å². The van der Waals surface area contributed by atoms with E-state index in [1.165, 1.54) is 18.5 Å². The van der Waals surface area contributed by atoms with Crippen LogP contribution in [0.15, 0.2) is 18.5 Å². The van der Waals surface area contributed by atoms with Crippen molar-refractivity contribution < 1.29 is 19.8 Å². The largest absolute Gasteiger partial charge is 0.505 e. The first-order chi connectivity index (χ1) is 9.58. The van der Waals surface area contributed by atoms with Gasteiger partial charge in [-0.3, -0.25) is 19.5 Å². The minimum atomic E-state index is -0.815. The van der Waals surface area contributed by atoms with Crippen LogP contribution in [0.2, 0.25) is 0 Å². The number of carboxylic acid groups (broad SMARTS) is 1. The monoisotopic (exact) mass is 279 g/mol. The lowest BCUT2D eigenvalue weighted by Gasteiger charge is -2.34. The Bertz CT molecular complexity index is 498. The fourth-order valence-electron chi connectivity index (χ4n) is 2.17. The average molecular weight is 279 g/mol. The van der Waals surface area contributed by atoms with E-state index in [-0.39, 0.29) is 23.6 Å². The van der Waals surface area contributed by atoms with Crippen molar-refractivity contribution in [3.05, 3.63) is 24.0 Å². The Labute approximate surface area is 116 Å². The van der Waals surface area contributed by atoms with Crippen molar-refractivity contribution in [3.8, 4) is 5.75 Å². The maximum absolute atomic E-state index is 12.2. The SMILES string of the molecule is O=C(O)CCN1CCN(C(=O)c2ccncc2O)CC1. The molecule has 0 unspecified atom stereocenters. The summed E-state index contributed by atoms with van der Waals surface area (Å²) in [6, 6.07) is 1.49. The number of aromatic hydroxyl groups is 1. The molecule has 108 valence electrons. The van der Waals surface area contributed by atoms with Crippen LogP contribution in [0.5, 0.6) is 5.75 Å². The third-order valence-corrected chi connectivity index (χ3v) is 3.33. The van der Waals surface area contributed by atoms with Gasteiger partial charge in [-0.1, -0.05) is 0 Å². The van der Waals surface area contributed by atoms with Crippen molar-refractivity contribution in [2.45, 2.75) is 6.42 Å². The quantitative estimate of drug-likeness (QED) is 0.807. The molecule has 2 heterocycles. The van der Waals surface area contributed by atoms with Gasteiger partial charge in [-0.2, -0.15) is 0 Å². The van der Waals surface area contributed by atoms with E-state index >= 15 is 0 Å². The number of piperazine rings is 1. The zero-order chi connectivity index (χ0) is 14.5. The summed E-state index contributed by atoms with van der Waals surface area (Å²) in [6.45, 7) is 2.84. The van der Waals surface area contributed by atoms with Crippen LogP contribution in [0.25, 0.3) is 0 Å². The third kappa shape index (κ3) is 3.45. The second-order valence-electron chi connectivity index (χ2n) is 4.67. The normalized spacial score (nSPS) is 16.1. The Morgan fingerprint density at radius 2 is 1.95 bits per heavy atom. The standard InChI is InChI=1S/C13H17N3O4/c17-11-9-14-3-1-10(11)13(20)16-7-5-15(6-8-16)4-2-12(18)19/h1,3,9,17H,2,4-8H2,(H,18,19). The Balaban J connectivity index is 1.89. The van der Waals surface area contributed by atoms with E-state index in [2.05, 4.69) is 4.98 Å². The topological polar surface area (TPSA) is 94.0 Å². The summed E-state index contributed by atoms with van der Waals surface area (Å²) in [5.74, 6) is -1.15. The second-order valence-corrected chi connectivity index (χ2v) is 4.67. The molecule has 0 radical (unpaired) electrons. The molecule has 0 spiro atoms. The summed E-state index contributed by atoms with van der Waals surface area (Å²) in [7, 11) is 0. The fourth-order valence-corrected chi connectivity index (χ4v) is 2.17. The molecule has 2 N–H and O–H groups in total. The van der Waals surface area contributed by atoms with Crippen molar-refractivity contribution in [2.24, 2.45) is 0 Å². The zero-order valence-electron chi connectivity index (χ0n) is 11.0. The van der Waals surface area contributed by atoms with Crippen molar-refractivity contribution in [2.75, 3.05) is 32.7 Å². The number of aliphatic carboxylic acids is 1. The zero-order valence-corrected chi connectivity index (χ0v) is 11.0. The summed E-state index contributed by atoms with van der Waals surface area (Å²) in [6.07, 6.45) is 2.82. The first-order valence-electron chi connectivity index (χ1n) is 6.44. The molecular weight excluding hydrogens is 262 g/mol. The van der Waals surface area contributed by atoms with E-state index in [0.29, 0.717) is 32.7 Å². The minimum absolute atomic E-state index is 0.110. The number of carbonyl (C=O) groups excluding carboxylic acids is 1. The Morgan fingerprint density at radius 1 is 1.25 bits per heavy atom. The van der Waals surface area contributed by atoms with E-state index in [1.807, 2.05) is 4.90 Å². The van der Waals surface area contributed by atoms with E-state index in [9.17, 15) is 14.7 Å². The molecule has 0 aromatic carbocycles. The van der Waals surface area contributed by atoms with Crippen molar-refractivity contribution in [1.29, 1.82) is 0 Å². The lowest BCUT2D eigenvalue weighted by atomic mass is 10.2. The number of carbonyl (C=O) groups is 2. The molecule has 1 aromatic heterocycles. The summed E-state index contributed by atoms with van der Waals surface area (Å²) in [5, 5.41) is 18.3. The van der Waals surface area contributed by atoms with Crippen LogP contribution < -0.4 is 0 Å². The smallest absolute Gasteiger partial charge is 0.304 e. The van der Waals surface area contributed by atoms with Crippen LogP contribution in [-0.4, -0.2) is 69.6 Å². The molecule has 0 atom stereocenters. The molecule has 7 heteroatoms. The number of nitrogens with zero attached hydrogens (tertiary/aromatic N) is 3. The lowest BCUT2D eigenvalue weighted by molar-refractivity contribution is -0.137. The van der Waals surface area contributed by atoms with Crippen LogP contribution in [0.3, 0.4) is 0 Å². The Kier molecular flexibility index (Phi) is 4.52. The fraction of sp³-hybridized carbons (Fsp3) is 0.462. The van der Waals surface area contributed by atoms with Gasteiger partial charge in [0.1, 0.15) is 5.75 Å². The van der Waals surface area contributed by atoms with E-state index in [0.717, 1.165) is 0 Å². The average Bonchev–Trinajstić information content (AvgIpc) is 2.45. The number of pyridine rings is 1. The first-order valence-corrected chi connectivity index (χ1v) is 6.44. The predicted molar refractivity (Wildman–Crippen MR) is 70.5 cm³/mol. The van der Waals surface area contributed by atoms with Gasteiger partial charge >= 0.3 is 5.97 Å². The maximum atomic E-state index is 12.2. The van der Waals surface area contributed by atoms with Gasteiger partial charge in [-0.15, -0.1) is 0 Å². The molecule has 1 aliphatic rings. The van der Waals surface area contributed by atoms with Crippen molar-refractivity contribution in [3.63, 3.8) is 0 Å². The van der Waals surface area contributed by atoms with Gasteiger partial charge in [0.05, 0.1) is 18.2 Å². The van der Waals surface area contributed by atoms with Crippen LogP contribution in [0.1, 0.15) is 16.8 Å². The molecule has 20 heavy (non-hydrogen) atoms. The first kappa shape index (κ1) is 14.3. The van der Waals surface area contributed by atoms with Crippen molar-refractivity contribution in [1.82, 2.24) is 14.8 Å². The molecule has 2 rings (SSSR count). The Morgan fingerprint density at radius 3 is 2.55 bits per heavy atom. The highest BCUT2D eigenvalue weighted by Crippen LogP contribution is 2.17. The molecule has 7 nitrogen and oxygen atoms in total. The summed E-state index contributed by atoms with van der Waals surface area (Å²) in [5.41, 5.74) is 0.249. The van der Waals surface area contributed by atoms with E-state index in [1.54, 1.807) is 4.90 Å². The van der Waals surface area contributed by atoms with Gasteiger partial charge in [0.2, 0.25) is 0 Å². The number of hydrogen-bond acceptors (Lipinski definition) is 5. The maximum Gasteiger partial charge on any atom is 0.304 e. The van der Waals surface area contributed by atoms with Gasteiger partial charge in [-0.25, -0.2) is 0 Å². The molecule has 1 aliphatic heterocycles. The third-order valence-electron chi connectivity index (χ3n) is 3.33. The molecule has 1 aromatic rings. The van der Waals surface area contributed by atoms with E-state index in [4.69, 9.17) is 5.11 Å². The van der Waals surface area contributed by atoms with Crippen LogP contribution in [-0.2, 0) is 4.79 Å². The molecule has 1 fully saturated rings. The number of aromatic nitrogens is 1. The summed E-state index contributed by atoms with van der Waals surface area (Å²) >= 11 is 0. The van der Waals surface area contributed by atoms with Crippen LogP contribution >= 0.6 is 0 Å². The number of amides is 1. The lowest BCUT2D eigenvalue weighted by Crippen LogP contribution is -2.49. The van der Waals surface area contributed by atoms with E-state index < -0.39 is 5.97 Å². The number of rotatable bonds is 4. The molecule has 1 saturated heterocycles. The van der Waals surface area contributed by atoms with Gasteiger partial charge in [-0.05, 0) is 6.07 Å². The number of hydrogen-bond donors (Lipinski definition) is 2. The molecule has 0 aliphatic carbocycles. The Hall–Kier alpha value is -2.15. The highest BCUT2D eigenvalue weighted by Gasteiger charge is 2.23. The minimum Gasteiger partial charge on any atom is -0.505 e. The molecular formula is C13H17N3O4. The van der Waals surface area contributed by atoms with Gasteiger partial charge in [0.25, 0.3) is 5.91 Å². The van der Waals surface area contributed by atoms with Crippen LogP contribution in [0.4, 0.5) is 0 Å². The number of carboxylic acids is 1. The highest BCUT2D eigenvalue weighted by atomic mass is 16.4. The second kappa shape index (κ2) is 6.33. The summed E-state index contributed by atoms with van der Waals surface area (Å²) < 4.78 is 0. The van der Waals surface area contributed by atoms with Gasteiger partial charge < -0.3 is 15.1 Å². The molecule has 0 saturated carbocycles. The van der Waals surface area contributed by atoms with Crippen molar-refractivity contribution >= 4 is 11.9 Å². The highest BCUT2D eigenvalue weighted by molar-refractivity contribution is 5.96. The molecule has 1 amide bonds. The summed E-state index contributed by atoms with van der Waals surface area (Å²) in [4.78, 5) is 30.1. The van der Waals surface area contributed by atoms with Gasteiger partial charge in [0.15, 0.2) is 0 Å². The molecule has 0 bridgehead atoms. The predicted octanol–water partition coefficient (Wildman–Crippen LogP) is 0.0197.